The second-order valence-electron chi connectivity index (χ2n) is 10.1. The van der Waals surface area contributed by atoms with Gasteiger partial charge in [-0.2, -0.15) is 13.2 Å². The zero-order valence-corrected chi connectivity index (χ0v) is 26.5. The van der Waals surface area contributed by atoms with Crippen molar-refractivity contribution in [2.45, 2.75) is 36.3 Å². The number of carbonyl (C=O) groups is 2. The minimum absolute atomic E-state index is 0.0640. The van der Waals surface area contributed by atoms with Crippen LogP contribution in [-0.4, -0.2) is 55.3 Å². The molecule has 13 heteroatoms. The Hall–Kier alpha value is -3.87. The van der Waals surface area contributed by atoms with E-state index in [-0.39, 0.29) is 29.2 Å². The number of carbonyl (C=O) groups excluding carboxylic acids is 2. The maximum Gasteiger partial charge on any atom is 0.510 e. The highest BCUT2D eigenvalue weighted by Gasteiger charge is 2.40. The van der Waals surface area contributed by atoms with Gasteiger partial charge in [0.1, 0.15) is 11.8 Å². The van der Waals surface area contributed by atoms with Gasteiger partial charge in [0, 0.05) is 68.6 Å². The van der Waals surface area contributed by atoms with E-state index in [0.717, 1.165) is 21.3 Å². The van der Waals surface area contributed by atoms with Gasteiger partial charge in [0.25, 0.3) is 0 Å². The number of ketones is 2. The summed E-state index contributed by atoms with van der Waals surface area (Å²) in [6, 6.07) is 16.9. The highest BCUT2D eigenvalue weighted by Crippen LogP contribution is 2.32. The molecule has 0 saturated carbocycles. The SMILES string of the molecule is CCn1c2ccc(C(=O)/C(CCSc3ccc(Cl)cc3)=N/OS(=O)C(F)(F)F)cc2c2cc(C(=O)C3C=CC=CN3C)ccc21. The lowest BCUT2D eigenvalue weighted by Gasteiger charge is -2.24. The van der Waals surface area contributed by atoms with Gasteiger partial charge >= 0.3 is 16.6 Å². The van der Waals surface area contributed by atoms with Crippen LogP contribution in [0.4, 0.5) is 13.2 Å². The molecule has 0 aliphatic carbocycles. The molecule has 0 fully saturated rings. The molecule has 0 spiro atoms. The zero-order valence-electron chi connectivity index (χ0n) is 24.1. The summed E-state index contributed by atoms with van der Waals surface area (Å²) >= 11 is 3.54. The Bertz CT molecular complexity index is 1880. The fraction of sp³-hybridized carbons (Fsp3) is 0.219. The Labute approximate surface area is 269 Å². The summed E-state index contributed by atoms with van der Waals surface area (Å²) < 4.78 is 56.5. The number of aryl methyl sites for hydroxylation is 1. The monoisotopic (exact) mass is 673 g/mol. The molecule has 1 aromatic heterocycles. The van der Waals surface area contributed by atoms with Crippen LogP contribution in [0.2, 0.25) is 5.02 Å². The first-order valence-corrected chi connectivity index (χ1v) is 16.2. The maximum absolute atomic E-state index is 13.7. The lowest BCUT2D eigenvalue weighted by Crippen LogP contribution is -2.34. The molecule has 0 bridgehead atoms. The molecule has 0 amide bonds. The van der Waals surface area contributed by atoms with Gasteiger partial charge in [-0.1, -0.05) is 28.9 Å². The van der Waals surface area contributed by atoms with Gasteiger partial charge in [0.15, 0.2) is 5.78 Å². The van der Waals surface area contributed by atoms with Crippen molar-refractivity contribution in [1.29, 1.82) is 0 Å². The standard InChI is InChI=1S/C32H27ClF3N3O4S2/c1-3-39-27-13-7-20(18-24(27)25-19-21(8-14-28(25)39)31(41)29-6-4-5-16-38(29)2)30(40)26(37-43-45(42)32(34,35)36)15-17-44-23-11-9-22(33)10-12-23/h4-14,16,18-19,29H,3,15,17H2,1-2H3/b37-26+. The van der Waals surface area contributed by atoms with E-state index in [0.29, 0.717) is 22.5 Å². The van der Waals surface area contributed by atoms with Crippen molar-refractivity contribution < 1.29 is 31.3 Å². The predicted molar refractivity (Wildman–Crippen MR) is 173 cm³/mol. The fourth-order valence-corrected chi connectivity index (χ4v) is 6.28. The Morgan fingerprint density at radius 3 is 2.27 bits per heavy atom. The van der Waals surface area contributed by atoms with Crippen LogP contribution in [-0.2, 0) is 21.9 Å². The van der Waals surface area contributed by atoms with E-state index in [2.05, 4.69) is 14.0 Å². The van der Waals surface area contributed by atoms with Crippen molar-refractivity contribution in [2.24, 2.45) is 5.16 Å². The smallest absolute Gasteiger partial charge is 0.367 e. The third-order valence-electron chi connectivity index (χ3n) is 7.25. The second-order valence-corrected chi connectivity index (χ2v) is 12.8. The molecule has 0 saturated heterocycles. The molecule has 1 aliphatic rings. The molecule has 3 aromatic carbocycles. The first kappa shape index (κ1) is 32.5. The number of nitrogens with zero attached hydrogens (tertiary/aromatic N) is 3. The van der Waals surface area contributed by atoms with Crippen LogP contribution < -0.4 is 0 Å². The molecular formula is C32H27ClF3N3O4S2. The summed E-state index contributed by atoms with van der Waals surface area (Å²) in [6.45, 7) is 2.59. The third-order valence-corrected chi connectivity index (χ3v) is 9.10. The topological polar surface area (TPSA) is 81.0 Å². The second kappa shape index (κ2) is 13.6. The maximum atomic E-state index is 13.7. The van der Waals surface area contributed by atoms with Crippen molar-refractivity contribution in [3.63, 3.8) is 0 Å². The molecule has 7 nitrogen and oxygen atoms in total. The lowest BCUT2D eigenvalue weighted by atomic mass is 9.98. The van der Waals surface area contributed by atoms with Gasteiger partial charge in [0.2, 0.25) is 5.78 Å². The van der Waals surface area contributed by atoms with Crippen LogP contribution in [0.15, 0.2) is 95.1 Å². The summed E-state index contributed by atoms with van der Waals surface area (Å²) in [5.74, 6) is -0.485. The first-order chi connectivity index (χ1) is 21.5. The fourth-order valence-electron chi connectivity index (χ4n) is 5.05. The molecule has 0 N–H and O–H groups in total. The molecule has 5 rings (SSSR count). The van der Waals surface area contributed by atoms with Gasteiger partial charge in [-0.25, -0.2) is 4.21 Å². The summed E-state index contributed by atoms with van der Waals surface area (Å²) in [7, 11) is 1.82. The molecule has 234 valence electrons. The van der Waals surface area contributed by atoms with Crippen molar-refractivity contribution >= 4 is 73.5 Å². The molecule has 2 atom stereocenters. The Balaban J connectivity index is 1.49. The number of benzene rings is 3. The van der Waals surface area contributed by atoms with E-state index >= 15 is 0 Å². The van der Waals surface area contributed by atoms with E-state index in [1.54, 1.807) is 54.6 Å². The van der Waals surface area contributed by atoms with Gasteiger partial charge < -0.3 is 9.47 Å². The van der Waals surface area contributed by atoms with Crippen LogP contribution in [0.1, 0.15) is 34.1 Å². The number of halogens is 4. The van der Waals surface area contributed by atoms with Gasteiger partial charge in [-0.15, -0.1) is 11.8 Å². The average molecular weight is 674 g/mol. The summed E-state index contributed by atoms with van der Waals surface area (Å²) in [4.78, 5) is 29.7. The number of oxime groups is 1. The predicted octanol–water partition coefficient (Wildman–Crippen LogP) is 7.96. The molecule has 2 unspecified atom stereocenters. The summed E-state index contributed by atoms with van der Waals surface area (Å²) in [6.07, 6.45) is 7.25. The van der Waals surface area contributed by atoms with Gasteiger partial charge in [-0.3, -0.25) is 13.9 Å². The molecular weight excluding hydrogens is 647 g/mol. The Kier molecular flexibility index (Phi) is 9.85. The van der Waals surface area contributed by atoms with Crippen molar-refractivity contribution in [1.82, 2.24) is 9.47 Å². The van der Waals surface area contributed by atoms with E-state index in [1.165, 1.54) is 11.8 Å². The average Bonchev–Trinajstić information content (AvgIpc) is 3.34. The highest BCUT2D eigenvalue weighted by molar-refractivity contribution is 7.99. The Morgan fingerprint density at radius 2 is 1.64 bits per heavy atom. The summed E-state index contributed by atoms with van der Waals surface area (Å²) in [5.41, 5.74) is -3.15. The van der Waals surface area contributed by atoms with Crippen LogP contribution in [0, 0.1) is 0 Å². The number of hydrogen-bond donors (Lipinski definition) is 0. The number of aromatic nitrogens is 1. The molecule has 0 radical (unpaired) electrons. The van der Waals surface area contributed by atoms with Crippen molar-refractivity contribution in [2.75, 3.05) is 12.8 Å². The van der Waals surface area contributed by atoms with Crippen molar-refractivity contribution in [3.8, 4) is 0 Å². The minimum atomic E-state index is -5.16. The van der Waals surface area contributed by atoms with Crippen LogP contribution in [0.3, 0.4) is 0 Å². The van der Waals surface area contributed by atoms with Crippen molar-refractivity contribution in [3.05, 3.63) is 101 Å². The number of alkyl halides is 3. The number of rotatable bonds is 11. The number of thioether (sulfide) groups is 1. The minimum Gasteiger partial charge on any atom is -0.367 e. The van der Waals surface area contributed by atoms with E-state index in [4.69, 9.17) is 11.6 Å². The summed E-state index contributed by atoms with van der Waals surface area (Å²) in [5, 5.41) is 5.40. The van der Waals surface area contributed by atoms with E-state index in [1.807, 2.05) is 49.4 Å². The highest BCUT2D eigenvalue weighted by atomic mass is 35.5. The van der Waals surface area contributed by atoms with Crippen LogP contribution in [0.25, 0.3) is 21.8 Å². The zero-order chi connectivity index (χ0) is 32.3. The first-order valence-electron chi connectivity index (χ1n) is 13.8. The number of likely N-dealkylation sites (N-methyl/N-ethyl adjacent to an activating group) is 1. The van der Waals surface area contributed by atoms with E-state index < -0.39 is 28.4 Å². The lowest BCUT2D eigenvalue weighted by molar-refractivity contribution is -0.0471. The van der Waals surface area contributed by atoms with Gasteiger partial charge in [-0.05, 0) is 79.9 Å². The molecule has 1 aliphatic heterocycles. The van der Waals surface area contributed by atoms with E-state index in [9.17, 15) is 27.0 Å². The van der Waals surface area contributed by atoms with Crippen LogP contribution in [0.5, 0.6) is 0 Å². The number of Topliss-reactive ketones (excluding diaryl/α,β-unsaturated/α-hetero) is 2. The number of hydrogen-bond acceptors (Lipinski definition) is 7. The molecule has 45 heavy (non-hydrogen) atoms. The number of allylic oxidation sites excluding steroid dienone is 2. The quantitative estimate of drug-likeness (QED) is 0.0696. The number of fused-ring (bicyclic) bond motifs is 3. The normalized spacial score (nSPS) is 16.0. The molecule has 4 aromatic rings. The largest absolute Gasteiger partial charge is 0.510 e. The molecule has 2 heterocycles. The third kappa shape index (κ3) is 7.18. The van der Waals surface area contributed by atoms with Gasteiger partial charge in [0.05, 0.1) is 0 Å². The Morgan fingerprint density at radius 1 is 1.00 bits per heavy atom. The van der Waals surface area contributed by atoms with Crippen LogP contribution >= 0.6 is 23.4 Å².